The van der Waals surface area contributed by atoms with Gasteiger partial charge in [-0.25, -0.2) is 9.18 Å². The van der Waals surface area contributed by atoms with Gasteiger partial charge >= 0.3 is 5.69 Å². The predicted octanol–water partition coefficient (Wildman–Crippen LogP) is 1.36. The second kappa shape index (κ2) is 8.65. The first kappa shape index (κ1) is 20.7. The van der Waals surface area contributed by atoms with Gasteiger partial charge in [-0.05, 0) is 24.1 Å². The van der Waals surface area contributed by atoms with Crippen LogP contribution in [0.4, 0.5) is 4.39 Å². The van der Waals surface area contributed by atoms with E-state index in [2.05, 4.69) is 5.10 Å². The summed E-state index contributed by atoms with van der Waals surface area (Å²) in [5.74, 6) is -1.11. The van der Waals surface area contributed by atoms with Crippen molar-refractivity contribution < 1.29 is 13.9 Å². The molecule has 31 heavy (non-hydrogen) atoms. The molecular formula is C22H21FN4O4. The second-order valence-electron chi connectivity index (χ2n) is 7.26. The van der Waals surface area contributed by atoms with Crippen LogP contribution in [-0.2, 0) is 11.3 Å². The summed E-state index contributed by atoms with van der Waals surface area (Å²) in [6.45, 7) is 2.89. The van der Waals surface area contributed by atoms with Crippen molar-refractivity contribution in [2.45, 2.75) is 13.5 Å². The number of aromatic nitrogens is 3. The van der Waals surface area contributed by atoms with Crippen LogP contribution in [0.25, 0.3) is 5.69 Å². The van der Waals surface area contributed by atoms with Crippen LogP contribution in [-0.4, -0.2) is 51.5 Å². The minimum atomic E-state index is -0.783. The normalized spacial score (nSPS) is 13.9. The highest BCUT2D eigenvalue weighted by molar-refractivity contribution is 5.91. The summed E-state index contributed by atoms with van der Waals surface area (Å²) in [7, 11) is 0. The van der Waals surface area contributed by atoms with Gasteiger partial charge in [0.05, 0.1) is 25.4 Å². The van der Waals surface area contributed by atoms with Crippen LogP contribution in [0, 0.1) is 12.7 Å². The van der Waals surface area contributed by atoms with Crippen molar-refractivity contribution in [3.05, 3.63) is 92.0 Å². The van der Waals surface area contributed by atoms with Crippen LogP contribution < -0.4 is 11.2 Å². The largest absolute Gasteiger partial charge is 0.378 e. The summed E-state index contributed by atoms with van der Waals surface area (Å²) < 4.78 is 21.3. The Hall–Kier alpha value is -3.59. The lowest BCUT2D eigenvalue weighted by molar-refractivity contribution is 0.0295. The summed E-state index contributed by atoms with van der Waals surface area (Å²) >= 11 is 0. The Morgan fingerprint density at radius 1 is 1.10 bits per heavy atom. The zero-order chi connectivity index (χ0) is 22.0. The number of nitrogens with zero attached hydrogens (tertiary/aromatic N) is 4. The van der Waals surface area contributed by atoms with Gasteiger partial charge in [0.15, 0.2) is 0 Å². The first-order chi connectivity index (χ1) is 15.0. The minimum Gasteiger partial charge on any atom is -0.378 e. The Kier molecular flexibility index (Phi) is 5.77. The molecule has 0 N–H and O–H groups in total. The number of ether oxygens (including phenoxy) is 1. The molecule has 0 spiro atoms. The maximum atomic E-state index is 14.2. The van der Waals surface area contributed by atoms with E-state index in [1.165, 1.54) is 17.0 Å². The Morgan fingerprint density at radius 2 is 1.81 bits per heavy atom. The molecule has 0 unspecified atom stereocenters. The fraction of sp³-hybridized carbons (Fsp3) is 0.273. The van der Waals surface area contributed by atoms with Crippen molar-refractivity contribution in [2.24, 2.45) is 0 Å². The lowest BCUT2D eigenvalue weighted by Gasteiger charge is -2.26. The number of aryl methyl sites for hydroxylation is 1. The van der Waals surface area contributed by atoms with Gasteiger partial charge in [0, 0.05) is 19.2 Å². The molecule has 3 aromatic rings. The van der Waals surface area contributed by atoms with Crippen molar-refractivity contribution in [1.29, 1.82) is 0 Å². The molecule has 0 saturated carbocycles. The van der Waals surface area contributed by atoms with E-state index in [-0.39, 0.29) is 12.2 Å². The molecule has 2 aromatic carbocycles. The third-order valence-electron chi connectivity index (χ3n) is 5.14. The summed E-state index contributed by atoms with van der Waals surface area (Å²) in [6.07, 6.45) is 0. The molecule has 1 amide bonds. The summed E-state index contributed by atoms with van der Waals surface area (Å²) in [5, 5.41) is 4.06. The zero-order valence-corrected chi connectivity index (χ0v) is 17.0. The van der Waals surface area contributed by atoms with Crippen LogP contribution in [0.5, 0.6) is 0 Å². The number of morpholine rings is 1. The average molecular weight is 424 g/mol. The molecule has 0 bridgehead atoms. The van der Waals surface area contributed by atoms with Crippen LogP contribution in [0.15, 0.2) is 58.1 Å². The molecule has 2 heterocycles. The number of rotatable bonds is 4. The fourth-order valence-corrected chi connectivity index (χ4v) is 3.35. The van der Waals surface area contributed by atoms with Crippen LogP contribution in [0.1, 0.15) is 21.6 Å². The Labute approximate surface area is 177 Å². The Morgan fingerprint density at radius 3 is 2.48 bits per heavy atom. The minimum absolute atomic E-state index is 0.0429. The number of hydrogen-bond donors (Lipinski definition) is 0. The van der Waals surface area contributed by atoms with Crippen molar-refractivity contribution in [3.63, 3.8) is 0 Å². The first-order valence-corrected chi connectivity index (χ1v) is 9.87. The van der Waals surface area contributed by atoms with Crippen molar-refractivity contribution >= 4 is 5.91 Å². The molecule has 0 atom stereocenters. The number of hydrogen-bond acceptors (Lipinski definition) is 5. The first-order valence-electron chi connectivity index (χ1n) is 9.87. The number of carbonyl (C=O) groups is 1. The number of benzene rings is 2. The highest BCUT2D eigenvalue weighted by Gasteiger charge is 2.26. The molecule has 160 valence electrons. The van der Waals surface area contributed by atoms with Crippen molar-refractivity contribution in [3.8, 4) is 5.69 Å². The zero-order valence-electron chi connectivity index (χ0n) is 17.0. The predicted molar refractivity (Wildman–Crippen MR) is 111 cm³/mol. The number of halogens is 1. The molecule has 8 nitrogen and oxygen atoms in total. The van der Waals surface area contributed by atoms with Gasteiger partial charge in [0.2, 0.25) is 5.69 Å². The number of amides is 1. The Balaban J connectivity index is 1.88. The van der Waals surface area contributed by atoms with Gasteiger partial charge in [-0.1, -0.05) is 36.4 Å². The molecule has 1 saturated heterocycles. The molecule has 0 aliphatic carbocycles. The highest BCUT2D eigenvalue weighted by atomic mass is 19.1. The van der Waals surface area contributed by atoms with E-state index in [1.807, 2.05) is 6.07 Å². The molecule has 4 rings (SSSR count). The quantitative estimate of drug-likeness (QED) is 0.631. The summed E-state index contributed by atoms with van der Waals surface area (Å²) in [6, 6.07) is 13.1. The lowest BCUT2D eigenvalue weighted by atomic mass is 10.2. The molecule has 0 radical (unpaired) electrons. The third-order valence-corrected chi connectivity index (χ3v) is 5.14. The number of carbonyl (C=O) groups excluding carboxylic acids is 1. The van der Waals surface area contributed by atoms with Gasteiger partial charge in [0.1, 0.15) is 5.82 Å². The van der Waals surface area contributed by atoms with Gasteiger partial charge in [-0.3, -0.25) is 14.2 Å². The smallest absolute Gasteiger partial charge is 0.352 e. The standard InChI is InChI=1S/C22H21FN4O4/c1-15-7-8-17(13-18(15)23)27-22(30)26(14-16-5-3-2-4-6-16)21(29)19(24-27)20(28)25-9-11-31-12-10-25/h2-8,13H,9-12,14H2,1H3. The molecule has 1 aromatic heterocycles. The fourth-order valence-electron chi connectivity index (χ4n) is 3.35. The topological polar surface area (TPSA) is 86.4 Å². The molecular weight excluding hydrogens is 403 g/mol. The van der Waals surface area contributed by atoms with Gasteiger partial charge in [0.25, 0.3) is 11.5 Å². The Bertz CT molecular complexity index is 1230. The van der Waals surface area contributed by atoms with E-state index in [0.29, 0.717) is 37.4 Å². The van der Waals surface area contributed by atoms with Crippen LogP contribution in [0.2, 0.25) is 0 Å². The van der Waals surface area contributed by atoms with E-state index in [1.54, 1.807) is 31.2 Å². The van der Waals surface area contributed by atoms with E-state index < -0.39 is 28.7 Å². The van der Waals surface area contributed by atoms with Crippen LogP contribution >= 0.6 is 0 Å². The summed E-state index contributed by atoms with van der Waals surface area (Å²) in [5.41, 5.74) is -0.688. The maximum absolute atomic E-state index is 14.2. The van der Waals surface area contributed by atoms with E-state index in [4.69, 9.17) is 4.74 Å². The van der Waals surface area contributed by atoms with Gasteiger partial charge in [-0.2, -0.15) is 9.78 Å². The SMILES string of the molecule is Cc1ccc(-n2nc(C(=O)N3CCOCC3)c(=O)n(Cc3ccccc3)c2=O)cc1F. The highest BCUT2D eigenvalue weighted by Crippen LogP contribution is 2.12. The van der Waals surface area contributed by atoms with Gasteiger partial charge in [-0.15, -0.1) is 0 Å². The lowest BCUT2D eigenvalue weighted by Crippen LogP contribution is -2.48. The summed E-state index contributed by atoms with van der Waals surface area (Å²) in [4.78, 5) is 40.8. The molecule has 1 aliphatic rings. The monoisotopic (exact) mass is 424 g/mol. The molecule has 9 heteroatoms. The molecule has 1 aliphatic heterocycles. The van der Waals surface area contributed by atoms with Crippen molar-refractivity contribution in [1.82, 2.24) is 19.2 Å². The van der Waals surface area contributed by atoms with E-state index in [9.17, 15) is 18.8 Å². The maximum Gasteiger partial charge on any atom is 0.352 e. The van der Waals surface area contributed by atoms with Crippen molar-refractivity contribution in [2.75, 3.05) is 26.3 Å². The van der Waals surface area contributed by atoms with E-state index in [0.717, 1.165) is 15.3 Å². The second-order valence-corrected chi connectivity index (χ2v) is 7.26. The third kappa shape index (κ3) is 4.17. The van der Waals surface area contributed by atoms with Crippen LogP contribution in [0.3, 0.4) is 0 Å². The average Bonchev–Trinajstić information content (AvgIpc) is 2.79. The van der Waals surface area contributed by atoms with Gasteiger partial charge < -0.3 is 9.64 Å². The van der Waals surface area contributed by atoms with E-state index >= 15 is 0 Å². The molecule has 1 fully saturated rings.